The van der Waals surface area contributed by atoms with E-state index in [9.17, 15) is 14.4 Å². The molecule has 9 heteroatoms. The van der Waals surface area contributed by atoms with Crippen molar-refractivity contribution in [3.63, 3.8) is 0 Å². The molecule has 0 saturated carbocycles. The monoisotopic (exact) mass is 435 g/mol. The van der Waals surface area contributed by atoms with Crippen LogP contribution in [-0.4, -0.2) is 49.2 Å². The van der Waals surface area contributed by atoms with Gasteiger partial charge in [0.25, 0.3) is 0 Å². The number of aryl methyl sites for hydroxylation is 1. The van der Waals surface area contributed by atoms with Gasteiger partial charge in [0, 0.05) is 11.8 Å². The second-order valence-electron chi connectivity index (χ2n) is 7.72. The smallest absolute Gasteiger partial charge is 0.338 e. The van der Waals surface area contributed by atoms with E-state index in [1.165, 1.54) is 4.90 Å². The summed E-state index contributed by atoms with van der Waals surface area (Å²) in [5.74, 6) is 0.244. The average Bonchev–Trinajstić information content (AvgIpc) is 3.17. The molecule has 3 heterocycles. The Morgan fingerprint density at radius 1 is 1.06 bits per heavy atom. The van der Waals surface area contributed by atoms with Gasteiger partial charge in [-0.2, -0.15) is 0 Å². The Morgan fingerprint density at radius 2 is 1.81 bits per heavy atom. The van der Waals surface area contributed by atoms with Crippen LogP contribution in [0.15, 0.2) is 53.7 Å². The third-order valence-corrected chi connectivity index (χ3v) is 5.54. The normalized spacial score (nSPS) is 19.3. The molecule has 32 heavy (non-hydrogen) atoms. The molecule has 1 atom stereocenters. The van der Waals surface area contributed by atoms with Crippen LogP contribution in [0, 0.1) is 6.92 Å². The van der Waals surface area contributed by atoms with E-state index >= 15 is 0 Å². The average molecular weight is 435 g/mol. The van der Waals surface area contributed by atoms with E-state index in [1.54, 1.807) is 18.2 Å². The zero-order valence-electron chi connectivity index (χ0n) is 17.3. The lowest BCUT2D eigenvalue weighted by atomic mass is 9.95. The van der Waals surface area contributed by atoms with Crippen molar-refractivity contribution in [2.45, 2.75) is 13.0 Å². The minimum atomic E-state index is -0.620. The highest BCUT2D eigenvalue weighted by Crippen LogP contribution is 2.35. The van der Waals surface area contributed by atoms with Crippen molar-refractivity contribution in [2.24, 2.45) is 0 Å². The fraction of sp³-hybridized carbons (Fsp3) is 0.261. The number of hydrogen-bond donors (Lipinski definition) is 2. The Bertz CT molecular complexity index is 1140. The molecule has 2 aromatic rings. The molecule has 0 saturated heterocycles. The molecule has 5 rings (SSSR count). The third-order valence-electron chi connectivity index (χ3n) is 5.54. The molecular weight excluding hydrogens is 414 g/mol. The molecule has 0 radical (unpaired) electrons. The van der Waals surface area contributed by atoms with Gasteiger partial charge in [-0.1, -0.05) is 29.8 Å². The van der Waals surface area contributed by atoms with Gasteiger partial charge in [0.15, 0.2) is 11.5 Å². The van der Waals surface area contributed by atoms with Crippen LogP contribution in [-0.2, 0) is 14.3 Å². The minimum absolute atomic E-state index is 0.0543. The number of nitrogens with zero attached hydrogens (tertiary/aromatic N) is 1. The maximum Gasteiger partial charge on any atom is 0.338 e. The van der Waals surface area contributed by atoms with Crippen molar-refractivity contribution in [2.75, 3.05) is 31.7 Å². The summed E-state index contributed by atoms with van der Waals surface area (Å²) < 4.78 is 16.2. The predicted octanol–water partition coefficient (Wildman–Crippen LogP) is 2.28. The molecular formula is C23H21N3O6. The van der Waals surface area contributed by atoms with Crippen molar-refractivity contribution < 1.29 is 28.6 Å². The van der Waals surface area contributed by atoms with E-state index in [2.05, 4.69) is 10.6 Å². The summed E-state index contributed by atoms with van der Waals surface area (Å²) in [6.07, 6.45) is 0. The highest BCUT2D eigenvalue weighted by molar-refractivity contribution is 6.00. The number of fused-ring (bicyclic) bond motifs is 1. The van der Waals surface area contributed by atoms with Crippen LogP contribution in [0.25, 0.3) is 0 Å². The van der Waals surface area contributed by atoms with Gasteiger partial charge in [0.1, 0.15) is 26.4 Å². The molecule has 9 nitrogen and oxygen atoms in total. The van der Waals surface area contributed by atoms with Gasteiger partial charge >= 0.3 is 12.0 Å². The van der Waals surface area contributed by atoms with Crippen LogP contribution >= 0.6 is 0 Å². The molecule has 3 aliphatic heterocycles. The zero-order chi connectivity index (χ0) is 22.2. The number of hydrogen-bond acceptors (Lipinski definition) is 6. The number of carbonyl (C=O) groups is 3. The van der Waals surface area contributed by atoms with E-state index < -0.39 is 23.9 Å². The maximum absolute atomic E-state index is 12.9. The van der Waals surface area contributed by atoms with E-state index in [0.717, 1.165) is 11.1 Å². The maximum atomic E-state index is 12.9. The first-order valence-electron chi connectivity index (χ1n) is 10.2. The van der Waals surface area contributed by atoms with Crippen molar-refractivity contribution in [3.05, 3.63) is 64.9 Å². The summed E-state index contributed by atoms with van der Waals surface area (Å²) in [5.41, 5.74) is 3.11. The van der Waals surface area contributed by atoms with E-state index in [1.807, 2.05) is 31.2 Å². The van der Waals surface area contributed by atoms with Gasteiger partial charge in [-0.15, -0.1) is 0 Å². The van der Waals surface area contributed by atoms with Gasteiger partial charge in [-0.05, 0) is 24.6 Å². The number of rotatable bonds is 4. The van der Waals surface area contributed by atoms with Crippen LogP contribution in [0.5, 0.6) is 11.5 Å². The summed E-state index contributed by atoms with van der Waals surface area (Å²) in [5, 5.41) is 5.58. The molecule has 0 spiro atoms. The predicted molar refractivity (Wildman–Crippen MR) is 113 cm³/mol. The lowest BCUT2D eigenvalue weighted by Gasteiger charge is -2.32. The molecule has 0 aromatic heterocycles. The van der Waals surface area contributed by atoms with Gasteiger partial charge in [-0.3, -0.25) is 9.69 Å². The SMILES string of the molecule is Cc1ccc([C@H]2NC(=O)N(CC(=O)Nc3ccc4c(c3)OCCO4)C3=C2C(=O)OC3)cc1. The van der Waals surface area contributed by atoms with Crippen molar-refractivity contribution >= 4 is 23.6 Å². The molecule has 0 bridgehead atoms. The Kier molecular flexibility index (Phi) is 4.93. The number of benzene rings is 2. The lowest BCUT2D eigenvalue weighted by molar-refractivity contribution is -0.136. The molecule has 0 aliphatic carbocycles. The number of cyclic esters (lactones) is 1. The summed E-state index contributed by atoms with van der Waals surface area (Å²) >= 11 is 0. The van der Waals surface area contributed by atoms with E-state index in [0.29, 0.717) is 41.7 Å². The number of esters is 1. The van der Waals surface area contributed by atoms with Gasteiger partial charge in [-0.25, -0.2) is 9.59 Å². The Morgan fingerprint density at radius 3 is 2.59 bits per heavy atom. The lowest BCUT2D eigenvalue weighted by Crippen LogP contribution is -2.49. The van der Waals surface area contributed by atoms with Gasteiger partial charge in [0.05, 0.1) is 17.3 Å². The zero-order valence-corrected chi connectivity index (χ0v) is 17.3. The molecule has 2 N–H and O–H groups in total. The molecule has 0 unspecified atom stereocenters. The van der Waals surface area contributed by atoms with E-state index in [4.69, 9.17) is 14.2 Å². The Balaban J connectivity index is 1.36. The Labute approximate surface area is 183 Å². The number of nitrogens with one attached hydrogen (secondary N) is 2. The first kappa shape index (κ1) is 19.9. The number of anilines is 1. The minimum Gasteiger partial charge on any atom is -0.486 e. The molecule has 3 aliphatic rings. The van der Waals surface area contributed by atoms with Crippen LogP contribution in [0.3, 0.4) is 0 Å². The fourth-order valence-corrected chi connectivity index (χ4v) is 3.95. The van der Waals surface area contributed by atoms with Gasteiger partial charge < -0.3 is 24.8 Å². The summed E-state index contributed by atoms with van der Waals surface area (Å²) in [6.45, 7) is 2.55. The summed E-state index contributed by atoms with van der Waals surface area (Å²) in [4.78, 5) is 39.3. The van der Waals surface area contributed by atoms with E-state index in [-0.39, 0.29) is 13.2 Å². The van der Waals surface area contributed by atoms with Gasteiger partial charge in [0.2, 0.25) is 5.91 Å². The highest BCUT2D eigenvalue weighted by atomic mass is 16.6. The largest absolute Gasteiger partial charge is 0.486 e. The second kappa shape index (κ2) is 7.92. The van der Waals surface area contributed by atoms with Crippen LogP contribution in [0.2, 0.25) is 0 Å². The number of carbonyl (C=O) groups excluding carboxylic acids is 3. The third kappa shape index (κ3) is 3.62. The highest BCUT2D eigenvalue weighted by Gasteiger charge is 2.42. The fourth-order valence-electron chi connectivity index (χ4n) is 3.95. The second-order valence-corrected chi connectivity index (χ2v) is 7.72. The van der Waals surface area contributed by atoms with Crippen molar-refractivity contribution in [1.82, 2.24) is 10.2 Å². The first-order valence-corrected chi connectivity index (χ1v) is 10.2. The topological polar surface area (TPSA) is 106 Å². The molecule has 3 amide bonds. The van der Waals surface area contributed by atoms with Crippen molar-refractivity contribution in [3.8, 4) is 11.5 Å². The molecule has 0 fully saturated rings. The molecule has 2 aromatic carbocycles. The number of urea groups is 1. The number of ether oxygens (including phenoxy) is 3. The van der Waals surface area contributed by atoms with Crippen LogP contribution in [0.1, 0.15) is 17.2 Å². The first-order chi connectivity index (χ1) is 15.5. The summed E-state index contributed by atoms with van der Waals surface area (Å²) in [7, 11) is 0. The molecule has 164 valence electrons. The quantitative estimate of drug-likeness (QED) is 0.714. The van der Waals surface area contributed by atoms with Crippen LogP contribution in [0.4, 0.5) is 10.5 Å². The van der Waals surface area contributed by atoms with Crippen molar-refractivity contribution in [1.29, 1.82) is 0 Å². The van der Waals surface area contributed by atoms with Crippen LogP contribution < -0.4 is 20.1 Å². The Hall–Kier alpha value is -4.01. The standard InChI is InChI=1S/C23H21N3O6/c1-13-2-4-14(5-3-13)21-20-16(12-32-22(20)28)26(23(29)25-21)11-19(27)24-15-6-7-17-18(10-15)31-9-8-30-17/h2-7,10,21H,8-9,11-12H2,1H3,(H,24,27)(H,25,29)/t21-/m1/s1. The number of amides is 3. The summed E-state index contributed by atoms with van der Waals surface area (Å²) in [6, 6.07) is 11.5.